The number of ether oxygens (including phenoxy) is 2. The topological polar surface area (TPSA) is 105 Å². The Morgan fingerprint density at radius 2 is 1.97 bits per heavy atom. The second kappa shape index (κ2) is 8.48. The van der Waals surface area contributed by atoms with E-state index in [1.807, 2.05) is 18.2 Å². The lowest BCUT2D eigenvalue weighted by molar-refractivity contribution is -0.134. The molecule has 0 unspecified atom stereocenters. The molecule has 2 aromatic carbocycles. The van der Waals surface area contributed by atoms with Gasteiger partial charge in [-0.3, -0.25) is 4.79 Å². The van der Waals surface area contributed by atoms with Crippen LogP contribution in [0.2, 0.25) is 5.15 Å². The molecule has 0 aliphatic rings. The summed E-state index contributed by atoms with van der Waals surface area (Å²) in [7, 11) is 1.56. The molecule has 0 saturated carbocycles. The molecular formula is C24H16ClNO7. The molecule has 0 atom stereocenters. The van der Waals surface area contributed by atoms with E-state index in [0.717, 1.165) is 5.39 Å². The van der Waals surface area contributed by atoms with Crippen molar-refractivity contribution < 1.29 is 27.6 Å². The molecule has 166 valence electrons. The fraction of sp³-hybridized carbons (Fsp3) is 0.125. The third-order valence-electron chi connectivity index (χ3n) is 5.04. The Balaban J connectivity index is 1.48. The number of nitrogens with zero attached hydrogens (tertiary/aromatic N) is 1. The predicted octanol–water partition coefficient (Wildman–Crippen LogP) is 5.39. The van der Waals surface area contributed by atoms with Gasteiger partial charge in [0.1, 0.15) is 22.9 Å². The van der Waals surface area contributed by atoms with Crippen molar-refractivity contribution in [2.45, 2.75) is 12.8 Å². The highest BCUT2D eigenvalue weighted by Crippen LogP contribution is 2.36. The summed E-state index contributed by atoms with van der Waals surface area (Å²) in [5.74, 6) is 1.35. The van der Waals surface area contributed by atoms with E-state index in [2.05, 4.69) is 5.16 Å². The van der Waals surface area contributed by atoms with Crippen LogP contribution in [0.4, 0.5) is 0 Å². The van der Waals surface area contributed by atoms with Crippen molar-refractivity contribution in [3.8, 4) is 22.8 Å². The van der Waals surface area contributed by atoms with Crippen LogP contribution in [0.25, 0.3) is 33.3 Å². The number of para-hydroxylation sites is 1. The SMILES string of the molecule is COc1cccc2cc(-c3cc(=O)oc4ccc(OC(=O)CCc5cc(Cl)no5)cc34)oc12. The normalized spacial score (nSPS) is 11.2. The first-order valence-electron chi connectivity index (χ1n) is 9.97. The van der Waals surface area contributed by atoms with Crippen molar-refractivity contribution in [1.29, 1.82) is 0 Å². The Kier molecular flexibility index (Phi) is 5.35. The molecule has 0 saturated heterocycles. The lowest BCUT2D eigenvalue weighted by Gasteiger charge is -2.07. The van der Waals surface area contributed by atoms with Crippen LogP contribution in [0.1, 0.15) is 12.2 Å². The number of fused-ring (bicyclic) bond motifs is 2. The predicted molar refractivity (Wildman–Crippen MR) is 120 cm³/mol. The van der Waals surface area contributed by atoms with Gasteiger partial charge < -0.3 is 22.8 Å². The first-order valence-corrected chi connectivity index (χ1v) is 10.3. The molecule has 0 radical (unpaired) electrons. The highest BCUT2D eigenvalue weighted by atomic mass is 35.5. The Labute approximate surface area is 191 Å². The van der Waals surface area contributed by atoms with Gasteiger partial charge in [0.25, 0.3) is 0 Å². The summed E-state index contributed by atoms with van der Waals surface area (Å²) >= 11 is 5.71. The van der Waals surface area contributed by atoms with Gasteiger partial charge in [0.2, 0.25) is 0 Å². The molecular weight excluding hydrogens is 450 g/mol. The molecule has 8 nitrogen and oxygen atoms in total. The largest absolute Gasteiger partial charge is 0.493 e. The van der Waals surface area contributed by atoms with Crippen molar-refractivity contribution in [2.75, 3.05) is 7.11 Å². The van der Waals surface area contributed by atoms with Crippen LogP contribution < -0.4 is 15.1 Å². The molecule has 0 amide bonds. The minimum atomic E-state index is -0.527. The Morgan fingerprint density at radius 1 is 1.09 bits per heavy atom. The number of carbonyl (C=O) groups is 1. The summed E-state index contributed by atoms with van der Waals surface area (Å²) in [4.78, 5) is 24.5. The van der Waals surface area contributed by atoms with Crippen LogP contribution in [-0.4, -0.2) is 18.2 Å². The fourth-order valence-electron chi connectivity index (χ4n) is 3.55. The smallest absolute Gasteiger partial charge is 0.336 e. The quantitative estimate of drug-likeness (QED) is 0.186. The number of methoxy groups -OCH3 is 1. The number of hydrogen-bond donors (Lipinski definition) is 0. The van der Waals surface area contributed by atoms with Crippen LogP contribution in [0.15, 0.2) is 72.7 Å². The molecule has 3 heterocycles. The average molecular weight is 466 g/mol. The van der Waals surface area contributed by atoms with Crippen LogP contribution >= 0.6 is 11.6 Å². The number of carbonyl (C=O) groups excluding carboxylic acids is 1. The van der Waals surface area contributed by atoms with Crippen LogP contribution in [-0.2, 0) is 11.2 Å². The van der Waals surface area contributed by atoms with Gasteiger partial charge in [0.05, 0.1) is 13.5 Å². The number of furan rings is 1. The molecule has 5 aromatic rings. The maximum absolute atomic E-state index is 12.3. The standard InChI is InChI=1S/C24H16ClNO7/c1-29-19-4-2-3-13-9-20(32-24(13)19)17-12-23(28)31-18-7-5-14(10-16(17)18)30-22(27)8-6-15-11-21(25)26-33-15/h2-5,7,9-12H,6,8H2,1H3. The number of hydrogen-bond acceptors (Lipinski definition) is 8. The second-order valence-corrected chi connectivity index (χ2v) is 7.60. The molecule has 3 aromatic heterocycles. The number of esters is 1. The molecule has 5 rings (SSSR count). The van der Waals surface area contributed by atoms with Crippen molar-refractivity contribution in [2.24, 2.45) is 0 Å². The Hall–Kier alpha value is -4.04. The van der Waals surface area contributed by atoms with Crippen LogP contribution in [0.3, 0.4) is 0 Å². The first kappa shape index (κ1) is 20.8. The number of aryl methyl sites for hydroxylation is 1. The monoisotopic (exact) mass is 465 g/mol. The number of aromatic nitrogens is 1. The summed E-state index contributed by atoms with van der Waals surface area (Å²) < 4.78 is 27.1. The van der Waals surface area contributed by atoms with Crippen molar-refractivity contribution in [1.82, 2.24) is 5.16 Å². The molecule has 0 aliphatic carbocycles. The summed E-state index contributed by atoms with van der Waals surface area (Å²) in [6.45, 7) is 0. The first-order chi connectivity index (χ1) is 16.0. The number of rotatable bonds is 6. The van der Waals surface area contributed by atoms with Crippen LogP contribution in [0, 0.1) is 0 Å². The van der Waals surface area contributed by atoms with Gasteiger partial charge in [0.15, 0.2) is 16.5 Å². The molecule has 0 fully saturated rings. The summed E-state index contributed by atoms with van der Waals surface area (Å²) in [5.41, 5.74) is 0.876. The van der Waals surface area contributed by atoms with E-state index in [4.69, 9.17) is 34.4 Å². The van der Waals surface area contributed by atoms with Crippen molar-refractivity contribution in [3.05, 3.63) is 75.9 Å². The van der Waals surface area contributed by atoms with Gasteiger partial charge in [0, 0.05) is 34.9 Å². The third-order valence-corrected chi connectivity index (χ3v) is 5.22. The van der Waals surface area contributed by atoms with E-state index in [1.54, 1.807) is 37.4 Å². The van der Waals surface area contributed by atoms with E-state index in [0.29, 0.717) is 51.6 Å². The second-order valence-electron chi connectivity index (χ2n) is 7.22. The number of halogens is 1. The highest BCUT2D eigenvalue weighted by Gasteiger charge is 2.16. The third kappa shape index (κ3) is 4.20. The molecule has 0 bridgehead atoms. The maximum atomic E-state index is 12.3. The van der Waals surface area contributed by atoms with Gasteiger partial charge >= 0.3 is 11.6 Å². The minimum Gasteiger partial charge on any atom is -0.493 e. The zero-order chi connectivity index (χ0) is 22.9. The highest BCUT2D eigenvalue weighted by molar-refractivity contribution is 6.29. The molecule has 0 spiro atoms. The summed E-state index contributed by atoms with van der Waals surface area (Å²) in [6, 6.07) is 15.0. The van der Waals surface area contributed by atoms with Gasteiger partial charge in [-0.25, -0.2) is 4.79 Å². The van der Waals surface area contributed by atoms with E-state index in [1.165, 1.54) is 6.07 Å². The number of benzene rings is 2. The van der Waals surface area contributed by atoms with Crippen molar-refractivity contribution in [3.63, 3.8) is 0 Å². The fourth-order valence-corrected chi connectivity index (χ4v) is 3.71. The summed E-state index contributed by atoms with van der Waals surface area (Å²) in [6.07, 6.45) is 0.372. The lowest BCUT2D eigenvalue weighted by Crippen LogP contribution is -2.09. The van der Waals surface area contributed by atoms with Gasteiger partial charge in [-0.05, 0) is 30.3 Å². The van der Waals surface area contributed by atoms with Crippen LogP contribution in [0.5, 0.6) is 11.5 Å². The zero-order valence-corrected chi connectivity index (χ0v) is 18.0. The van der Waals surface area contributed by atoms with Crippen molar-refractivity contribution >= 4 is 39.5 Å². The van der Waals surface area contributed by atoms with E-state index in [-0.39, 0.29) is 11.6 Å². The van der Waals surface area contributed by atoms with Gasteiger partial charge in [-0.1, -0.05) is 28.9 Å². The summed E-state index contributed by atoms with van der Waals surface area (Å²) in [5, 5.41) is 5.17. The van der Waals surface area contributed by atoms with Gasteiger partial charge in [-0.2, -0.15) is 0 Å². The molecule has 33 heavy (non-hydrogen) atoms. The van der Waals surface area contributed by atoms with Gasteiger partial charge in [-0.15, -0.1) is 0 Å². The average Bonchev–Trinajstić information content (AvgIpc) is 3.43. The Morgan fingerprint density at radius 3 is 2.76 bits per heavy atom. The molecule has 0 N–H and O–H groups in total. The molecule has 9 heteroatoms. The van der Waals surface area contributed by atoms with E-state index >= 15 is 0 Å². The zero-order valence-electron chi connectivity index (χ0n) is 17.3. The maximum Gasteiger partial charge on any atom is 0.336 e. The molecule has 0 aliphatic heterocycles. The van der Waals surface area contributed by atoms with E-state index < -0.39 is 11.6 Å². The minimum absolute atomic E-state index is 0.0731. The van der Waals surface area contributed by atoms with E-state index in [9.17, 15) is 9.59 Å². The Bertz CT molecular complexity index is 1550. The lowest BCUT2D eigenvalue weighted by atomic mass is 10.1.